The van der Waals surface area contributed by atoms with Gasteiger partial charge in [-0.2, -0.15) is 0 Å². The highest BCUT2D eigenvalue weighted by Gasteiger charge is 2.40. The number of nitrogens with one attached hydrogen (secondary N) is 2. The summed E-state index contributed by atoms with van der Waals surface area (Å²) in [6, 6.07) is 0. The molecule has 344 valence electrons. The topological polar surface area (TPSA) is 235 Å². The Balaban J connectivity index is 0.962. The van der Waals surface area contributed by atoms with Crippen LogP contribution in [-0.4, -0.2) is 129 Å². The molecule has 2 aliphatic heterocycles. The summed E-state index contributed by atoms with van der Waals surface area (Å²) in [5, 5.41) is 5.57. The van der Waals surface area contributed by atoms with Crippen molar-refractivity contribution in [1.82, 2.24) is 20.4 Å². The monoisotopic (exact) mass is 948 g/mol. The quantitative estimate of drug-likeness (QED) is 0.0424. The van der Waals surface area contributed by atoms with E-state index in [1.54, 1.807) is 43.2 Å². The van der Waals surface area contributed by atoms with Crippen molar-refractivity contribution in [2.24, 2.45) is 23.7 Å². The van der Waals surface area contributed by atoms with Crippen LogP contribution < -0.4 is 10.6 Å². The molecule has 4 rings (SSSR count). The first-order valence-corrected chi connectivity index (χ1v) is 26.5. The van der Waals surface area contributed by atoms with Gasteiger partial charge in [-0.15, -0.1) is 0 Å². The number of carbonyl (C=O) groups is 12. The molecule has 2 saturated heterocycles. The van der Waals surface area contributed by atoms with E-state index in [1.165, 1.54) is 24.3 Å². The summed E-state index contributed by atoms with van der Waals surface area (Å²) in [4.78, 5) is 149. The smallest absolute Gasteiger partial charge is 0.232 e. The highest BCUT2D eigenvalue weighted by Crippen LogP contribution is 2.30. The Morgan fingerprint density at radius 3 is 1.22 bits per heavy atom. The predicted octanol–water partition coefficient (Wildman–Crippen LogP) is 3.59. The van der Waals surface area contributed by atoms with E-state index < -0.39 is 23.7 Å². The number of hydrogen-bond donors (Lipinski definition) is 2. The maximum Gasteiger partial charge on any atom is 0.232 e. The number of carbonyl (C=O) groups excluding carboxylic acids is 12. The number of hydrogen-bond acceptors (Lipinski definition) is 16. The number of amides is 6. The number of rotatable bonds is 32. The minimum absolute atomic E-state index is 0.0220. The molecule has 2 aliphatic carbocycles. The molecule has 63 heavy (non-hydrogen) atoms. The minimum atomic E-state index is -0.708. The molecule has 0 saturated carbocycles. The van der Waals surface area contributed by atoms with Gasteiger partial charge in [0.15, 0.2) is 23.1 Å². The van der Waals surface area contributed by atoms with E-state index in [0.29, 0.717) is 69.5 Å². The Labute approximate surface area is 383 Å². The van der Waals surface area contributed by atoms with E-state index in [9.17, 15) is 57.5 Å². The first-order chi connectivity index (χ1) is 30.2. The maximum absolute atomic E-state index is 13.0. The van der Waals surface area contributed by atoms with Gasteiger partial charge in [0.05, 0.1) is 11.8 Å². The number of allylic oxidation sites excluding steroid dienone is 4. The van der Waals surface area contributed by atoms with E-state index in [-0.39, 0.29) is 135 Å². The van der Waals surface area contributed by atoms with Gasteiger partial charge < -0.3 is 10.6 Å². The summed E-state index contributed by atoms with van der Waals surface area (Å²) in [7, 11) is 6.26. The van der Waals surface area contributed by atoms with Crippen molar-refractivity contribution < 1.29 is 57.5 Å². The van der Waals surface area contributed by atoms with Crippen molar-refractivity contribution in [3.05, 3.63) is 24.3 Å². The third-order valence-electron chi connectivity index (χ3n) is 11.1. The molecule has 0 spiro atoms. The Morgan fingerprint density at radius 1 is 0.476 bits per heavy atom. The number of imide groups is 2. The fourth-order valence-electron chi connectivity index (χ4n) is 7.50. The third kappa shape index (κ3) is 17.6. The summed E-state index contributed by atoms with van der Waals surface area (Å²) in [5.41, 5.74) is 0. The zero-order chi connectivity index (χ0) is 45.7. The first kappa shape index (κ1) is 51.8. The zero-order valence-electron chi connectivity index (χ0n) is 35.3. The molecule has 2 heterocycles. The van der Waals surface area contributed by atoms with Crippen LogP contribution in [-0.2, 0) is 57.5 Å². The number of likely N-dealkylation sites (tertiary alicyclic amines) is 2. The largest absolute Gasteiger partial charge is 0.355 e. The Morgan fingerprint density at radius 2 is 0.841 bits per heavy atom. The van der Waals surface area contributed by atoms with Crippen LogP contribution in [0.3, 0.4) is 0 Å². The average molecular weight is 949 g/mol. The van der Waals surface area contributed by atoms with Gasteiger partial charge in [-0.25, -0.2) is 0 Å². The Hall–Kier alpha value is -3.88. The van der Waals surface area contributed by atoms with Gasteiger partial charge in [0.1, 0.15) is 11.6 Å². The van der Waals surface area contributed by atoms with Crippen molar-refractivity contribution in [3.8, 4) is 0 Å². The summed E-state index contributed by atoms with van der Waals surface area (Å²) < 4.78 is 0. The Kier molecular flexibility index (Phi) is 22.5. The number of Topliss-reactive ketones (excluding diaryl/α,β-unsaturated/α-hetero) is 2. The molecule has 0 aromatic heterocycles. The lowest BCUT2D eigenvalue weighted by Crippen LogP contribution is -2.35. The molecule has 6 amide bonds. The lowest BCUT2D eigenvalue weighted by Gasteiger charge is -2.16. The van der Waals surface area contributed by atoms with Crippen LogP contribution in [0.5, 0.6) is 0 Å². The van der Waals surface area contributed by atoms with Gasteiger partial charge >= 0.3 is 0 Å². The van der Waals surface area contributed by atoms with E-state index in [2.05, 4.69) is 10.6 Å². The summed E-state index contributed by atoms with van der Waals surface area (Å²) in [6.45, 7) is 0.754. The normalized spacial score (nSPS) is 19.2. The van der Waals surface area contributed by atoms with Gasteiger partial charge in [-0.05, 0) is 62.8 Å². The second kappa shape index (κ2) is 27.4. The van der Waals surface area contributed by atoms with Crippen molar-refractivity contribution in [2.45, 2.75) is 96.3 Å². The fraction of sp³-hybridized carbons (Fsp3) is 0.628. The van der Waals surface area contributed by atoms with Crippen molar-refractivity contribution in [1.29, 1.82) is 0 Å². The van der Waals surface area contributed by atoms with E-state index in [4.69, 9.17) is 0 Å². The molecule has 0 radical (unpaired) electrons. The minimum Gasteiger partial charge on any atom is -0.355 e. The molecular weight excluding hydrogens is 893 g/mol. The van der Waals surface area contributed by atoms with Gasteiger partial charge in [0, 0.05) is 112 Å². The lowest BCUT2D eigenvalue weighted by molar-refractivity contribution is -0.141. The average Bonchev–Trinajstić information content (AvgIpc) is 3.93. The molecule has 2 fully saturated rings. The molecule has 0 aromatic rings. The number of ketones is 6. The second-order valence-corrected chi connectivity index (χ2v) is 21.1. The first-order valence-electron chi connectivity index (χ1n) is 21.5. The summed E-state index contributed by atoms with van der Waals surface area (Å²) in [6.07, 6.45) is 9.29. The van der Waals surface area contributed by atoms with E-state index in [0.717, 1.165) is 21.3 Å². The van der Waals surface area contributed by atoms with Gasteiger partial charge in [-0.3, -0.25) is 67.3 Å². The number of nitrogens with zero attached hydrogens (tertiary/aromatic N) is 2. The molecule has 2 N–H and O–H groups in total. The van der Waals surface area contributed by atoms with Gasteiger partial charge in [0.2, 0.25) is 35.4 Å². The lowest BCUT2D eigenvalue weighted by atomic mass is 9.94. The SMILES string of the molecule is O=C(CCCSSCCNC(=O)CCN1C(=O)CC(CCCC2CC(=O)N(CCC(=O)NCCSSCCCC(=O)CCC3C(=O)C=CC3=O)C2=O)C1=O)CCC1C(=O)C=CC1=O. The highest BCUT2D eigenvalue weighted by atomic mass is 33.1. The van der Waals surface area contributed by atoms with Crippen LogP contribution in [0.25, 0.3) is 0 Å². The summed E-state index contributed by atoms with van der Waals surface area (Å²) >= 11 is 0. The molecule has 20 heteroatoms. The molecule has 2 atom stereocenters. The molecule has 16 nitrogen and oxygen atoms in total. The molecule has 0 aromatic carbocycles. The van der Waals surface area contributed by atoms with Crippen molar-refractivity contribution in [3.63, 3.8) is 0 Å². The molecule has 4 aliphatic rings. The van der Waals surface area contributed by atoms with Crippen LogP contribution in [0.4, 0.5) is 0 Å². The van der Waals surface area contributed by atoms with Crippen LogP contribution in [0.1, 0.15) is 96.3 Å². The zero-order valence-corrected chi connectivity index (χ0v) is 38.6. The van der Waals surface area contributed by atoms with Crippen LogP contribution in [0.15, 0.2) is 24.3 Å². The second-order valence-electron chi connectivity index (χ2n) is 15.7. The fourth-order valence-corrected chi connectivity index (χ4v) is 11.5. The van der Waals surface area contributed by atoms with Gasteiger partial charge in [0.25, 0.3) is 0 Å². The van der Waals surface area contributed by atoms with Crippen molar-refractivity contribution in [2.75, 3.05) is 49.2 Å². The molecule has 2 unspecified atom stereocenters. The Bertz CT molecular complexity index is 1670. The molecule has 0 bridgehead atoms. The van der Waals surface area contributed by atoms with Crippen LogP contribution >= 0.6 is 43.2 Å². The maximum atomic E-state index is 13.0. The van der Waals surface area contributed by atoms with Crippen LogP contribution in [0, 0.1) is 23.7 Å². The van der Waals surface area contributed by atoms with E-state index >= 15 is 0 Å². The predicted molar refractivity (Wildman–Crippen MR) is 241 cm³/mol. The van der Waals surface area contributed by atoms with Gasteiger partial charge in [-0.1, -0.05) is 49.6 Å². The van der Waals surface area contributed by atoms with E-state index in [1.807, 2.05) is 0 Å². The van der Waals surface area contributed by atoms with Crippen LogP contribution in [0.2, 0.25) is 0 Å². The van der Waals surface area contributed by atoms with Crippen molar-refractivity contribution >= 4 is 113 Å². The molecular formula is C43H56N4O12S4. The standard InChI is InChI=1S/C43H56N4O12S4/c48-30(8-10-32-34(50)12-13-35(32)51)6-2-22-60-62-24-18-44-38(54)16-20-46-40(56)26-28(42(46)58)4-1-5-29-27-41(57)47(43(29)59)21-17-39(55)45-19-25-63-61-23-3-7-31(49)9-11-33-36(52)14-15-37(33)53/h12-15,28-29,32-33H,1-11,16-27H2,(H,44,54)(H,45,55). The highest BCUT2D eigenvalue weighted by molar-refractivity contribution is 8.77. The summed E-state index contributed by atoms with van der Waals surface area (Å²) in [5.74, 6) is -2.62. The third-order valence-corrected chi connectivity index (χ3v) is 16.1.